The van der Waals surface area contributed by atoms with Crippen LogP contribution in [-0.4, -0.2) is 17.9 Å². The predicted octanol–water partition coefficient (Wildman–Crippen LogP) is 2.28. The van der Waals surface area contributed by atoms with Gasteiger partial charge in [0.1, 0.15) is 5.75 Å². The van der Waals surface area contributed by atoms with Crippen LogP contribution in [0.25, 0.3) is 0 Å². The smallest absolute Gasteiger partial charge is 0.216 e. The van der Waals surface area contributed by atoms with Crippen LogP contribution < -0.4 is 14.6 Å². The maximum Gasteiger partial charge on any atom is 0.216 e. The molecule has 1 aromatic heterocycles. The fourth-order valence-electron chi connectivity index (χ4n) is 3.35. The molecule has 25 heavy (non-hydrogen) atoms. The molecular formula is C19H20N3O2S+. The van der Waals surface area contributed by atoms with Gasteiger partial charge in [-0.15, -0.1) is 12.6 Å². The molecule has 5 nitrogen and oxygen atoms in total. The Kier molecular flexibility index (Phi) is 4.71. The summed E-state index contributed by atoms with van der Waals surface area (Å²) >= 11 is 4.40. The molecule has 0 fully saturated rings. The minimum Gasteiger partial charge on any atom is -0.497 e. The van der Waals surface area contributed by atoms with Gasteiger partial charge in [0.25, 0.3) is 0 Å². The Labute approximate surface area is 152 Å². The van der Waals surface area contributed by atoms with Crippen molar-refractivity contribution in [2.24, 2.45) is 0 Å². The van der Waals surface area contributed by atoms with Crippen molar-refractivity contribution in [2.45, 2.75) is 24.6 Å². The van der Waals surface area contributed by atoms with Gasteiger partial charge in [0.15, 0.2) is 18.1 Å². The quantitative estimate of drug-likeness (QED) is 0.584. The molecule has 6 heteroatoms. The monoisotopic (exact) mass is 354 g/mol. The SMILES string of the molecule is COc1ccc([C@@H]2C(C#N)=C(S)N[C@](C)(O)[C@H]2[n+]2ccccc2)cc1. The van der Waals surface area contributed by atoms with E-state index < -0.39 is 11.8 Å². The van der Waals surface area contributed by atoms with E-state index in [1.54, 1.807) is 14.0 Å². The average Bonchev–Trinajstić information content (AvgIpc) is 2.61. The number of aliphatic hydroxyl groups is 1. The van der Waals surface area contributed by atoms with Gasteiger partial charge in [0.05, 0.1) is 29.7 Å². The Bertz CT molecular complexity index is 826. The lowest BCUT2D eigenvalue weighted by Crippen LogP contribution is -2.62. The number of nitrogens with zero attached hydrogens (tertiary/aromatic N) is 2. The number of aromatic nitrogens is 1. The molecule has 0 saturated carbocycles. The molecule has 0 bridgehead atoms. The van der Waals surface area contributed by atoms with Crippen LogP contribution in [0.15, 0.2) is 65.5 Å². The molecule has 1 aliphatic rings. The van der Waals surface area contributed by atoms with Crippen molar-refractivity contribution in [3.8, 4) is 11.8 Å². The number of hydrogen-bond acceptors (Lipinski definition) is 5. The predicted molar refractivity (Wildman–Crippen MR) is 96.8 cm³/mol. The third kappa shape index (κ3) is 3.21. The van der Waals surface area contributed by atoms with Gasteiger partial charge in [-0.1, -0.05) is 18.2 Å². The first-order valence-electron chi connectivity index (χ1n) is 7.91. The highest BCUT2D eigenvalue weighted by atomic mass is 32.1. The second kappa shape index (κ2) is 6.79. The molecule has 0 saturated heterocycles. The van der Waals surface area contributed by atoms with E-state index in [0.29, 0.717) is 10.6 Å². The van der Waals surface area contributed by atoms with Crippen molar-refractivity contribution in [2.75, 3.05) is 7.11 Å². The van der Waals surface area contributed by atoms with Crippen molar-refractivity contribution in [3.63, 3.8) is 0 Å². The molecule has 128 valence electrons. The van der Waals surface area contributed by atoms with E-state index in [9.17, 15) is 10.4 Å². The standard InChI is InChI=1S/C19H19N3O2S/c1-19(23)17(22-10-4-3-5-11-22)16(15(12-20)18(25)21-19)13-6-8-14(24-2)9-7-13/h3-11,16-17,21,23H,1-2H3/p+1/t16-,17+,19-/m1/s1. The molecule has 3 atom stereocenters. The highest BCUT2D eigenvalue weighted by Crippen LogP contribution is 2.43. The van der Waals surface area contributed by atoms with Crippen molar-refractivity contribution in [3.05, 3.63) is 71.0 Å². The zero-order valence-corrected chi connectivity index (χ0v) is 14.9. The molecule has 2 aromatic rings. The van der Waals surface area contributed by atoms with Crippen LogP contribution in [0, 0.1) is 11.3 Å². The minimum atomic E-state index is -1.28. The second-order valence-electron chi connectivity index (χ2n) is 6.16. The summed E-state index contributed by atoms with van der Waals surface area (Å²) in [5.74, 6) is 0.383. The van der Waals surface area contributed by atoms with Crippen molar-refractivity contribution >= 4 is 12.6 Å². The topological polar surface area (TPSA) is 69.2 Å². The van der Waals surface area contributed by atoms with E-state index in [2.05, 4.69) is 24.0 Å². The number of allylic oxidation sites excluding steroid dienone is 1. The van der Waals surface area contributed by atoms with E-state index in [-0.39, 0.29) is 5.92 Å². The summed E-state index contributed by atoms with van der Waals surface area (Å²) in [6.45, 7) is 1.69. The van der Waals surface area contributed by atoms with Crippen LogP contribution in [0.4, 0.5) is 0 Å². The fraction of sp³-hybridized carbons (Fsp3) is 0.263. The molecule has 1 aromatic carbocycles. The number of pyridine rings is 1. The van der Waals surface area contributed by atoms with Gasteiger partial charge in [0, 0.05) is 12.1 Å². The first-order valence-corrected chi connectivity index (χ1v) is 8.36. The van der Waals surface area contributed by atoms with Gasteiger partial charge in [-0.2, -0.15) is 9.83 Å². The second-order valence-corrected chi connectivity index (χ2v) is 6.61. The normalized spacial score (nSPS) is 25.9. The molecule has 0 spiro atoms. The van der Waals surface area contributed by atoms with Crippen LogP contribution in [0.1, 0.15) is 24.4 Å². The maximum absolute atomic E-state index is 11.1. The fourth-order valence-corrected chi connectivity index (χ4v) is 3.77. The van der Waals surface area contributed by atoms with Crippen molar-refractivity contribution in [1.29, 1.82) is 5.26 Å². The Morgan fingerprint density at radius 1 is 1.24 bits per heavy atom. The highest BCUT2D eigenvalue weighted by molar-refractivity contribution is 7.84. The van der Waals surface area contributed by atoms with E-state index >= 15 is 0 Å². The molecule has 2 N–H and O–H groups in total. The van der Waals surface area contributed by atoms with Crippen molar-refractivity contribution in [1.82, 2.24) is 5.32 Å². The summed E-state index contributed by atoms with van der Waals surface area (Å²) in [4.78, 5) is 0. The molecule has 3 rings (SSSR count). The summed E-state index contributed by atoms with van der Waals surface area (Å²) in [5.41, 5.74) is 0.113. The largest absolute Gasteiger partial charge is 0.497 e. The summed E-state index contributed by atoms with van der Waals surface area (Å²) < 4.78 is 7.14. The lowest BCUT2D eigenvalue weighted by molar-refractivity contribution is -0.741. The minimum absolute atomic E-state index is 0.355. The van der Waals surface area contributed by atoms with Crippen LogP contribution in [0.3, 0.4) is 0 Å². The van der Waals surface area contributed by atoms with E-state index in [1.807, 2.05) is 59.4 Å². The van der Waals surface area contributed by atoms with Gasteiger partial charge in [-0.05, 0) is 24.6 Å². The maximum atomic E-state index is 11.1. The number of benzene rings is 1. The molecule has 0 aliphatic carbocycles. The average molecular weight is 354 g/mol. The zero-order chi connectivity index (χ0) is 18.0. The van der Waals surface area contributed by atoms with Crippen LogP contribution in [0.2, 0.25) is 0 Å². The lowest BCUT2D eigenvalue weighted by atomic mass is 9.78. The zero-order valence-electron chi connectivity index (χ0n) is 14.0. The molecule has 0 amide bonds. The van der Waals surface area contributed by atoms with Crippen molar-refractivity contribution < 1.29 is 14.4 Å². The number of ether oxygens (including phenoxy) is 1. The Balaban J connectivity index is 2.19. The van der Waals surface area contributed by atoms with Gasteiger partial charge < -0.3 is 15.2 Å². The highest BCUT2D eigenvalue weighted by Gasteiger charge is 2.51. The first kappa shape index (κ1) is 17.3. The number of rotatable bonds is 3. The van der Waals surface area contributed by atoms with Crippen LogP contribution in [-0.2, 0) is 0 Å². The first-order chi connectivity index (χ1) is 12.0. The van der Waals surface area contributed by atoms with E-state index in [4.69, 9.17) is 4.74 Å². The third-order valence-electron chi connectivity index (χ3n) is 4.48. The summed E-state index contributed by atoms with van der Waals surface area (Å²) in [6, 6.07) is 15.1. The number of thiol groups is 1. The summed E-state index contributed by atoms with van der Waals surface area (Å²) in [5, 5.41) is 24.1. The van der Waals surface area contributed by atoms with Crippen LogP contribution >= 0.6 is 12.6 Å². The molecule has 0 unspecified atom stereocenters. The number of nitriles is 1. The Morgan fingerprint density at radius 3 is 2.44 bits per heavy atom. The van der Waals surface area contributed by atoms with Gasteiger partial charge >= 0.3 is 0 Å². The van der Waals surface area contributed by atoms with E-state index in [0.717, 1.165) is 11.3 Å². The van der Waals surface area contributed by atoms with Gasteiger partial charge in [-0.25, -0.2) is 0 Å². The number of nitrogens with one attached hydrogen (secondary N) is 1. The Hall–Kier alpha value is -2.49. The lowest BCUT2D eigenvalue weighted by Gasteiger charge is -2.39. The molecule has 2 heterocycles. The van der Waals surface area contributed by atoms with Gasteiger partial charge in [0.2, 0.25) is 6.04 Å². The van der Waals surface area contributed by atoms with E-state index in [1.165, 1.54) is 0 Å². The summed E-state index contributed by atoms with van der Waals surface area (Å²) in [7, 11) is 1.61. The molecule has 1 aliphatic heterocycles. The number of methoxy groups -OCH3 is 1. The molecular weight excluding hydrogens is 334 g/mol. The Morgan fingerprint density at radius 2 is 1.88 bits per heavy atom. The van der Waals surface area contributed by atoms with Gasteiger partial charge in [-0.3, -0.25) is 0 Å². The third-order valence-corrected chi connectivity index (χ3v) is 4.84. The van der Waals surface area contributed by atoms with Crippen LogP contribution in [0.5, 0.6) is 5.75 Å². The molecule has 0 radical (unpaired) electrons. The summed E-state index contributed by atoms with van der Waals surface area (Å²) in [6.07, 6.45) is 3.77. The number of hydrogen-bond donors (Lipinski definition) is 3.